The molecule has 3 aromatic heterocycles. The van der Waals surface area contributed by atoms with Gasteiger partial charge in [-0.25, -0.2) is 9.36 Å². The Bertz CT molecular complexity index is 1510. The molecule has 1 fully saturated rings. The van der Waals surface area contributed by atoms with Crippen molar-refractivity contribution in [1.29, 1.82) is 0 Å². The molecular weight excluding hydrogens is 558 g/mol. The summed E-state index contributed by atoms with van der Waals surface area (Å²) < 4.78 is 7.71. The predicted octanol–water partition coefficient (Wildman–Crippen LogP) is -1.24. The molecule has 0 saturated carbocycles. The van der Waals surface area contributed by atoms with Crippen LogP contribution in [-0.2, 0) is 37.1 Å². The first-order chi connectivity index (χ1) is 18.3. The molecule has 0 spiro atoms. The third kappa shape index (κ3) is 4.45. The molecular formula is C20H20N9O6S3+. The molecule has 3 amide bonds. The van der Waals surface area contributed by atoms with Crippen LogP contribution in [0.1, 0.15) is 11.6 Å². The van der Waals surface area contributed by atoms with Gasteiger partial charge in [0.1, 0.15) is 49.7 Å². The van der Waals surface area contributed by atoms with E-state index in [0.717, 1.165) is 22.2 Å². The van der Waals surface area contributed by atoms with Crippen molar-refractivity contribution in [2.75, 3.05) is 18.6 Å². The van der Waals surface area contributed by atoms with Gasteiger partial charge in [-0.15, -0.1) is 11.8 Å². The quantitative estimate of drug-likeness (QED) is 0.0742. The van der Waals surface area contributed by atoms with E-state index in [9.17, 15) is 24.3 Å². The number of nitrogens with zero attached hydrogens (tertiary/aromatic N) is 6. The lowest BCUT2D eigenvalue weighted by molar-refractivity contribution is -0.695. The number of carboxylic acid groups (broad SMARTS) is 1. The van der Waals surface area contributed by atoms with Gasteiger partial charge in [0.05, 0.1) is 0 Å². The first-order valence-corrected chi connectivity index (χ1v) is 13.6. The Morgan fingerprint density at radius 2 is 2.26 bits per heavy atom. The van der Waals surface area contributed by atoms with E-state index in [-0.39, 0.29) is 35.5 Å². The van der Waals surface area contributed by atoms with Crippen LogP contribution >= 0.6 is 34.6 Å². The molecule has 3 aromatic rings. The summed E-state index contributed by atoms with van der Waals surface area (Å²) in [6, 6.07) is -0.985. The number of oxime groups is 1. The van der Waals surface area contributed by atoms with Crippen LogP contribution in [0, 0.1) is 0 Å². The van der Waals surface area contributed by atoms with E-state index in [1.54, 1.807) is 0 Å². The minimum Gasteiger partial charge on any atom is -0.477 e. The number of aromatic nitrogens is 4. The highest BCUT2D eigenvalue weighted by molar-refractivity contribution is 8.00. The van der Waals surface area contributed by atoms with Crippen molar-refractivity contribution in [1.82, 2.24) is 29.3 Å². The summed E-state index contributed by atoms with van der Waals surface area (Å²) >= 11 is 3.70. The maximum atomic E-state index is 13.1. The van der Waals surface area contributed by atoms with Gasteiger partial charge in [0.15, 0.2) is 5.13 Å². The molecule has 5 heterocycles. The second-order valence-corrected chi connectivity index (χ2v) is 10.8. The largest absolute Gasteiger partial charge is 0.477 e. The highest BCUT2D eigenvalue weighted by Gasteiger charge is 2.54. The smallest absolute Gasteiger partial charge is 0.352 e. The molecule has 5 N–H and O–H groups in total. The zero-order valence-electron chi connectivity index (χ0n) is 19.6. The number of nitrogen functional groups attached to an aromatic ring is 1. The molecule has 2 atom stereocenters. The minimum absolute atomic E-state index is 0.0513. The van der Waals surface area contributed by atoms with Crippen LogP contribution in [0.3, 0.4) is 0 Å². The number of carboxylic acids is 1. The Hall–Kier alpha value is -4.03. The molecule has 0 bridgehead atoms. The average Bonchev–Trinajstić information content (AvgIpc) is 3.60. The molecule has 0 radical (unpaired) electrons. The maximum absolute atomic E-state index is 13.1. The highest BCUT2D eigenvalue weighted by atomic mass is 32.2. The topological polar surface area (TPSA) is 197 Å². The number of nitrogens with one attached hydrogen (secondary N) is 2. The van der Waals surface area contributed by atoms with Crippen molar-refractivity contribution >= 4 is 74.5 Å². The molecule has 38 heavy (non-hydrogen) atoms. The van der Waals surface area contributed by atoms with Gasteiger partial charge in [-0.1, -0.05) is 16.5 Å². The lowest BCUT2D eigenvalue weighted by Gasteiger charge is -2.49. The Labute approximate surface area is 226 Å². The number of imidazole rings is 1. The van der Waals surface area contributed by atoms with Gasteiger partial charge < -0.3 is 26.3 Å². The SMILES string of the molecule is CO/N=C(\C(=O)N[C@@H]1C(=O)N2C(C(=O)O)=C(C[n+]3cc4sccn4c3CNC=O)CS[C@H]12)c1nsc(N)n1. The molecule has 15 nitrogen and oxygen atoms in total. The number of thiazole rings is 1. The highest BCUT2D eigenvalue weighted by Crippen LogP contribution is 2.40. The zero-order chi connectivity index (χ0) is 27.0. The number of hydrogen-bond acceptors (Lipinski definition) is 12. The van der Waals surface area contributed by atoms with Crippen LogP contribution in [0.25, 0.3) is 4.83 Å². The van der Waals surface area contributed by atoms with Crippen molar-refractivity contribution in [3.63, 3.8) is 0 Å². The summed E-state index contributed by atoms with van der Waals surface area (Å²) in [4.78, 5) is 59.9. The molecule has 2 aliphatic heterocycles. The standard InChI is InChI=1S/C20H19N9O6S3/c1-35-25-12(15-24-20(21)38-26-15)16(31)23-13-17(32)29-14(19(33)34)9(7-37-18(13)29)5-27-6-11-28(2-3-36-11)10(27)4-22-8-30/h2-3,6,8,13,18H,4-5,7H2,1H3,(H4-,21,22,23,24,26,30,31,33,34)/p+1/b25-12-/t13-,18-/m1/s1. The van der Waals surface area contributed by atoms with Crippen LogP contribution in [0.2, 0.25) is 0 Å². The predicted molar refractivity (Wildman–Crippen MR) is 136 cm³/mol. The van der Waals surface area contributed by atoms with E-state index < -0.39 is 29.2 Å². The van der Waals surface area contributed by atoms with Gasteiger partial charge in [0.25, 0.3) is 17.6 Å². The van der Waals surface area contributed by atoms with E-state index in [0.29, 0.717) is 17.7 Å². The normalized spacial score (nSPS) is 19.2. The Morgan fingerprint density at radius 3 is 2.95 bits per heavy atom. The summed E-state index contributed by atoms with van der Waals surface area (Å²) in [5, 5.41) is 20.3. The monoisotopic (exact) mass is 578 g/mol. The molecule has 18 heteroatoms. The van der Waals surface area contributed by atoms with Crippen molar-refractivity contribution in [3.05, 3.63) is 40.7 Å². The number of carbonyl (C=O) groups excluding carboxylic acids is 3. The van der Waals surface area contributed by atoms with Crippen molar-refractivity contribution in [2.24, 2.45) is 5.16 Å². The number of fused-ring (bicyclic) bond motifs is 2. The van der Waals surface area contributed by atoms with Crippen molar-refractivity contribution < 1.29 is 33.7 Å². The lowest BCUT2D eigenvalue weighted by Crippen LogP contribution is -2.71. The number of hydrogen-bond donors (Lipinski definition) is 4. The fraction of sp³-hybridized carbons (Fsp3) is 0.300. The first kappa shape index (κ1) is 25.6. The van der Waals surface area contributed by atoms with Crippen LogP contribution in [0.15, 0.2) is 34.2 Å². The number of thioether (sulfide) groups is 1. The van der Waals surface area contributed by atoms with Crippen molar-refractivity contribution in [2.45, 2.75) is 24.5 Å². The van der Waals surface area contributed by atoms with Gasteiger partial charge in [-0.05, 0) is 0 Å². The lowest BCUT2D eigenvalue weighted by atomic mass is 10.0. The third-order valence-corrected chi connectivity index (χ3v) is 8.49. The fourth-order valence-corrected chi connectivity index (χ4v) is 6.79. The number of nitrogens with two attached hydrogens (primary N) is 1. The summed E-state index contributed by atoms with van der Waals surface area (Å²) in [5.41, 5.74) is 5.73. The fourth-order valence-electron chi connectivity index (χ4n) is 4.23. The first-order valence-electron chi connectivity index (χ1n) is 10.9. The Morgan fingerprint density at radius 1 is 1.45 bits per heavy atom. The van der Waals surface area contributed by atoms with E-state index in [4.69, 9.17) is 10.6 Å². The molecule has 1 saturated heterocycles. The number of aliphatic carboxylic acids is 1. The number of rotatable bonds is 10. The zero-order valence-corrected chi connectivity index (χ0v) is 22.0. The van der Waals surface area contributed by atoms with E-state index in [1.807, 2.05) is 26.7 Å². The van der Waals surface area contributed by atoms with E-state index >= 15 is 0 Å². The Kier molecular flexibility index (Phi) is 7.00. The van der Waals surface area contributed by atoms with Crippen LogP contribution in [0.5, 0.6) is 0 Å². The molecule has 0 aromatic carbocycles. The molecule has 2 aliphatic rings. The third-order valence-electron chi connectivity index (χ3n) is 5.80. The molecule has 0 aliphatic carbocycles. The maximum Gasteiger partial charge on any atom is 0.352 e. The number of β-lactam (4-membered cyclic amide) rings is 1. The van der Waals surface area contributed by atoms with Crippen LogP contribution < -0.4 is 20.9 Å². The van der Waals surface area contributed by atoms with Crippen LogP contribution in [0.4, 0.5) is 5.13 Å². The molecule has 5 rings (SSSR count). The van der Waals surface area contributed by atoms with E-state index in [2.05, 4.69) is 25.1 Å². The Balaban J connectivity index is 1.38. The second-order valence-electron chi connectivity index (χ2n) is 7.98. The summed E-state index contributed by atoms with van der Waals surface area (Å²) in [6.07, 6.45) is 4.32. The number of anilines is 1. The second kappa shape index (κ2) is 10.4. The average molecular weight is 579 g/mol. The number of amides is 3. The molecule has 198 valence electrons. The van der Waals surface area contributed by atoms with Gasteiger partial charge >= 0.3 is 5.97 Å². The molecule has 0 unspecified atom stereocenters. The number of carbonyl (C=O) groups is 4. The van der Waals surface area contributed by atoms with Crippen LogP contribution in [-0.4, -0.2) is 77.9 Å². The van der Waals surface area contributed by atoms with Gasteiger partial charge in [-0.3, -0.25) is 19.3 Å². The van der Waals surface area contributed by atoms with E-state index in [1.165, 1.54) is 35.1 Å². The minimum atomic E-state index is -1.25. The van der Waals surface area contributed by atoms with Gasteiger partial charge in [0, 0.05) is 28.2 Å². The summed E-state index contributed by atoms with van der Waals surface area (Å²) in [6.45, 7) is 0.440. The van der Waals surface area contributed by atoms with Gasteiger partial charge in [-0.2, -0.15) is 13.8 Å². The summed E-state index contributed by atoms with van der Waals surface area (Å²) in [7, 11) is 1.25. The summed E-state index contributed by atoms with van der Waals surface area (Å²) in [5.74, 6) is -1.57. The van der Waals surface area contributed by atoms with Gasteiger partial charge in [0.2, 0.25) is 22.8 Å². The van der Waals surface area contributed by atoms with Crippen molar-refractivity contribution in [3.8, 4) is 0 Å².